The molecule has 0 spiro atoms. The van der Waals surface area contributed by atoms with Crippen LogP contribution in [0, 0.1) is 11.3 Å². The Morgan fingerprint density at radius 3 is 2.40 bits per heavy atom. The molecule has 0 atom stereocenters. The molecule has 0 radical (unpaired) electrons. The fourth-order valence-corrected chi connectivity index (χ4v) is 2.40. The smallest absolute Gasteiger partial charge is 0.133 e. The minimum atomic E-state index is 0.446. The third-order valence-corrected chi connectivity index (χ3v) is 3.53. The summed E-state index contributed by atoms with van der Waals surface area (Å²) in [7, 11) is 1.60. The molecule has 0 saturated carbocycles. The number of halogens is 1. The first kappa shape index (κ1) is 14.2. The van der Waals surface area contributed by atoms with Crippen molar-refractivity contribution in [1.29, 1.82) is 5.26 Å². The van der Waals surface area contributed by atoms with Crippen molar-refractivity contribution in [3.8, 4) is 11.8 Å². The number of rotatable bonds is 3. The Morgan fingerprint density at radius 1 is 1.15 bits per heavy atom. The quantitative estimate of drug-likeness (QED) is 0.688. The van der Waals surface area contributed by atoms with E-state index < -0.39 is 0 Å². The number of nitriles is 1. The van der Waals surface area contributed by atoms with Crippen LogP contribution < -0.4 is 10.5 Å². The Hall–Kier alpha value is -2.25. The molecule has 4 heteroatoms. The molecule has 2 aromatic rings. The third-order valence-electron chi connectivity index (χ3n) is 2.91. The monoisotopic (exact) mass is 328 g/mol. The van der Waals surface area contributed by atoms with Crippen LogP contribution >= 0.6 is 15.9 Å². The number of ether oxygens (including phenoxy) is 1. The summed E-state index contributed by atoms with van der Waals surface area (Å²) in [5, 5.41) is 9.36. The van der Waals surface area contributed by atoms with Crippen molar-refractivity contribution in [2.24, 2.45) is 5.73 Å². The summed E-state index contributed by atoms with van der Waals surface area (Å²) in [5.74, 6) is 0.722. The van der Waals surface area contributed by atoms with Crippen molar-refractivity contribution >= 4 is 27.2 Å². The maximum absolute atomic E-state index is 9.36. The van der Waals surface area contributed by atoms with Crippen molar-refractivity contribution in [2.75, 3.05) is 7.11 Å². The van der Waals surface area contributed by atoms with Crippen molar-refractivity contribution in [3.63, 3.8) is 0 Å². The second-order valence-corrected chi connectivity index (χ2v) is 4.97. The zero-order valence-electron chi connectivity index (χ0n) is 10.9. The van der Waals surface area contributed by atoms with Gasteiger partial charge < -0.3 is 10.5 Å². The van der Waals surface area contributed by atoms with Gasteiger partial charge in [-0.3, -0.25) is 0 Å². The summed E-state index contributed by atoms with van der Waals surface area (Å²) in [6, 6.07) is 17.0. The fourth-order valence-electron chi connectivity index (χ4n) is 1.86. The zero-order valence-corrected chi connectivity index (χ0v) is 12.5. The molecule has 0 unspecified atom stereocenters. The second-order valence-electron chi connectivity index (χ2n) is 4.12. The van der Waals surface area contributed by atoms with Crippen LogP contribution in [0.15, 0.2) is 53.0 Å². The van der Waals surface area contributed by atoms with E-state index in [2.05, 4.69) is 22.0 Å². The number of methoxy groups -OCH3 is 1. The van der Waals surface area contributed by atoms with E-state index in [4.69, 9.17) is 10.5 Å². The molecular formula is C16H13BrN2O. The minimum Gasteiger partial charge on any atom is -0.496 e. The summed E-state index contributed by atoms with van der Waals surface area (Å²) < 4.78 is 5.98. The second kappa shape index (κ2) is 6.27. The number of benzene rings is 2. The number of hydrogen-bond acceptors (Lipinski definition) is 3. The highest BCUT2D eigenvalue weighted by molar-refractivity contribution is 9.10. The van der Waals surface area contributed by atoms with Crippen LogP contribution in [0.5, 0.6) is 5.75 Å². The largest absolute Gasteiger partial charge is 0.496 e. The van der Waals surface area contributed by atoms with Gasteiger partial charge >= 0.3 is 0 Å². The van der Waals surface area contributed by atoms with Crippen LogP contribution in [0.1, 0.15) is 11.1 Å². The lowest BCUT2D eigenvalue weighted by atomic mass is 10.0. The van der Waals surface area contributed by atoms with Gasteiger partial charge in [-0.15, -0.1) is 0 Å². The normalized spacial score (nSPS) is 11.4. The highest BCUT2D eigenvalue weighted by Gasteiger charge is 2.10. The van der Waals surface area contributed by atoms with Crippen molar-refractivity contribution in [2.45, 2.75) is 0 Å². The van der Waals surface area contributed by atoms with E-state index in [0.717, 1.165) is 21.3 Å². The Kier molecular flexibility index (Phi) is 4.44. The summed E-state index contributed by atoms with van der Waals surface area (Å²) >= 11 is 3.42. The number of allylic oxidation sites excluding steroid dienone is 1. The average molecular weight is 329 g/mol. The zero-order chi connectivity index (χ0) is 14.5. The first-order valence-electron chi connectivity index (χ1n) is 5.96. The van der Waals surface area contributed by atoms with Gasteiger partial charge in [-0.05, 0) is 39.7 Å². The van der Waals surface area contributed by atoms with Gasteiger partial charge in [-0.25, -0.2) is 0 Å². The summed E-state index contributed by atoms with van der Waals surface area (Å²) in [5.41, 5.74) is 8.63. The minimum absolute atomic E-state index is 0.446. The van der Waals surface area contributed by atoms with E-state index in [1.807, 2.05) is 48.5 Å². The predicted octanol–water partition coefficient (Wildman–Crippen LogP) is 3.81. The number of hydrogen-bond donors (Lipinski definition) is 1. The van der Waals surface area contributed by atoms with Gasteiger partial charge in [0, 0.05) is 5.56 Å². The molecule has 0 saturated heterocycles. The van der Waals surface area contributed by atoms with Crippen LogP contribution in [-0.2, 0) is 0 Å². The molecule has 0 aromatic heterocycles. The Balaban J connectivity index is 2.52. The molecule has 100 valence electrons. The Labute approximate surface area is 126 Å². The molecule has 0 aliphatic rings. The lowest BCUT2D eigenvalue weighted by Gasteiger charge is -2.09. The van der Waals surface area contributed by atoms with Gasteiger partial charge in [0.15, 0.2) is 0 Å². The van der Waals surface area contributed by atoms with Crippen LogP contribution in [0.4, 0.5) is 0 Å². The number of nitrogens with two attached hydrogens (primary N) is 1. The topological polar surface area (TPSA) is 59.0 Å². The summed E-state index contributed by atoms with van der Waals surface area (Å²) in [6.45, 7) is 0. The first-order valence-corrected chi connectivity index (χ1v) is 6.76. The molecule has 0 aliphatic carbocycles. The maximum atomic E-state index is 9.36. The van der Waals surface area contributed by atoms with Crippen LogP contribution in [0.3, 0.4) is 0 Å². The van der Waals surface area contributed by atoms with Gasteiger partial charge in [0.25, 0.3) is 0 Å². The van der Waals surface area contributed by atoms with E-state index in [-0.39, 0.29) is 0 Å². The molecule has 0 amide bonds. The molecule has 0 bridgehead atoms. The molecule has 3 nitrogen and oxygen atoms in total. The fraction of sp³-hybridized carbons (Fsp3) is 0.0625. The summed E-state index contributed by atoms with van der Waals surface area (Å²) in [4.78, 5) is 0. The Bertz CT molecular complexity index is 687. The highest BCUT2D eigenvalue weighted by atomic mass is 79.9. The van der Waals surface area contributed by atoms with Crippen LogP contribution in [0.25, 0.3) is 11.3 Å². The first-order chi connectivity index (χ1) is 9.67. The molecule has 20 heavy (non-hydrogen) atoms. The lowest BCUT2D eigenvalue weighted by Crippen LogP contribution is -2.01. The van der Waals surface area contributed by atoms with E-state index in [1.54, 1.807) is 7.11 Å². The molecule has 2 N–H and O–H groups in total. The molecular weight excluding hydrogens is 316 g/mol. The van der Waals surface area contributed by atoms with E-state index in [1.165, 1.54) is 0 Å². The molecule has 0 fully saturated rings. The van der Waals surface area contributed by atoms with E-state index >= 15 is 0 Å². The van der Waals surface area contributed by atoms with E-state index in [9.17, 15) is 5.26 Å². The predicted molar refractivity (Wildman–Crippen MR) is 83.8 cm³/mol. The van der Waals surface area contributed by atoms with Gasteiger partial charge in [0.05, 0.1) is 22.9 Å². The third kappa shape index (κ3) is 2.84. The molecule has 0 aliphatic heterocycles. The average Bonchev–Trinajstić information content (AvgIpc) is 2.49. The van der Waals surface area contributed by atoms with Gasteiger partial charge in [0.2, 0.25) is 0 Å². The molecule has 0 heterocycles. The van der Waals surface area contributed by atoms with E-state index in [0.29, 0.717) is 11.3 Å². The molecule has 2 rings (SSSR count). The summed E-state index contributed by atoms with van der Waals surface area (Å²) in [6.07, 6.45) is 0. The highest BCUT2D eigenvalue weighted by Crippen LogP contribution is 2.29. The van der Waals surface area contributed by atoms with Crippen molar-refractivity contribution < 1.29 is 4.74 Å². The van der Waals surface area contributed by atoms with Gasteiger partial charge in [-0.1, -0.05) is 30.3 Å². The number of nitrogens with zero attached hydrogens (tertiary/aromatic N) is 1. The standard InChI is InChI=1S/C16H13BrN2O/c1-20-15-8-7-12(9-14(15)17)16(19)13(10-18)11-5-3-2-4-6-11/h2-9H,19H2,1H3/b16-13+. The SMILES string of the molecule is COc1ccc(/C(N)=C(/C#N)c2ccccc2)cc1Br. The maximum Gasteiger partial charge on any atom is 0.133 e. The van der Waals surface area contributed by atoms with Gasteiger partial charge in [-0.2, -0.15) is 5.26 Å². The van der Waals surface area contributed by atoms with Crippen molar-refractivity contribution in [1.82, 2.24) is 0 Å². The molecule has 2 aromatic carbocycles. The van der Waals surface area contributed by atoms with Crippen LogP contribution in [-0.4, -0.2) is 7.11 Å². The van der Waals surface area contributed by atoms with Crippen molar-refractivity contribution in [3.05, 3.63) is 64.1 Å². The van der Waals surface area contributed by atoms with Crippen LogP contribution in [0.2, 0.25) is 0 Å². The lowest BCUT2D eigenvalue weighted by molar-refractivity contribution is 0.412. The van der Waals surface area contributed by atoms with Gasteiger partial charge in [0.1, 0.15) is 11.8 Å². The Morgan fingerprint density at radius 2 is 1.85 bits per heavy atom.